The van der Waals surface area contributed by atoms with Gasteiger partial charge in [0.2, 0.25) is 0 Å². The Kier molecular flexibility index (Phi) is 5.09. The van der Waals surface area contributed by atoms with Crippen LogP contribution in [0.3, 0.4) is 0 Å². The first-order valence-corrected chi connectivity index (χ1v) is 6.26. The molecule has 1 rings (SSSR count). The molecule has 0 fully saturated rings. The molecule has 84 valence electrons. The van der Waals surface area contributed by atoms with Gasteiger partial charge in [-0.15, -0.1) is 0 Å². The SMILES string of the molecule is CCOc1cncc(C(C)CC(C)Br)c1. The van der Waals surface area contributed by atoms with Gasteiger partial charge in [-0.25, -0.2) is 0 Å². The van der Waals surface area contributed by atoms with Crippen LogP contribution in [0.5, 0.6) is 5.75 Å². The fourth-order valence-electron chi connectivity index (χ4n) is 1.57. The number of hydrogen-bond acceptors (Lipinski definition) is 2. The summed E-state index contributed by atoms with van der Waals surface area (Å²) in [4.78, 5) is 4.72. The van der Waals surface area contributed by atoms with Crippen LogP contribution in [0.1, 0.15) is 38.7 Å². The molecule has 0 aliphatic heterocycles. The first-order chi connectivity index (χ1) is 7.13. The van der Waals surface area contributed by atoms with Gasteiger partial charge in [0.25, 0.3) is 0 Å². The molecule has 2 atom stereocenters. The summed E-state index contributed by atoms with van der Waals surface area (Å²) in [5.41, 5.74) is 1.24. The highest BCUT2D eigenvalue weighted by Crippen LogP contribution is 2.25. The van der Waals surface area contributed by atoms with Crippen LogP contribution >= 0.6 is 15.9 Å². The lowest BCUT2D eigenvalue weighted by Crippen LogP contribution is -2.02. The first kappa shape index (κ1) is 12.5. The zero-order valence-electron chi connectivity index (χ0n) is 9.53. The van der Waals surface area contributed by atoms with Crippen molar-refractivity contribution in [2.45, 2.75) is 37.9 Å². The molecule has 0 bridgehead atoms. The molecule has 3 heteroatoms. The molecule has 15 heavy (non-hydrogen) atoms. The third-order valence-electron chi connectivity index (χ3n) is 2.29. The summed E-state index contributed by atoms with van der Waals surface area (Å²) >= 11 is 3.57. The van der Waals surface area contributed by atoms with Crippen molar-refractivity contribution >= 4 is 15.9 Å². The van der Waals surface area contributed by atoms with Crippen molar-refractivity contribution in [2.75, 3.05) is 6.61 Å². The largest absolute Gasteiger partial charge is 0.492 e. The molecule has 0 aliphatic carbocycles. The molecule has 0 saturated carbocycles. The minimum atomic E-state index is 0.507. The van der Waals surface area contributed by atoms with Crippen LogP contribution in [0.4, 0.5) is 0 Å². The van der Waals surface area contributed by atoms with E-state index >= 15 is 0 Å². The highest BCUT2D eigenvalue weighted by atomic mass is 79.9. The van der Waals surface area contributed by atoms with E-state index in [2.05, 4.69) is 40.8 Å². The van der Waals surface area contributed by atoms with Crippen molar-refractivity contribution in [3.8, 4) is 5.75 Å². The smallest absolute Gasteiger partial charge is 0.137 e. The van der Waals surface area contributed by atoms with E-state index in [4.69, 9.17) is 4.74 Å². The number of ether oxygens (including phenoxy) is 1. The molecule has 0 saturated heterocycles. The fraction of sp³-hybridized carbons (Fsp3) is 0.583. The highest BCUT2D eigenvalue weighted by molar-refractivity contribution is 9.09. The molecule has 0 amide bonds. The maximum Gasteiger partial charge on any atom is 0.137 e. The van der Waals surface area contributed by atoms with Crippen LogP contribution in [0, 0.1) is 0 Å². The molecule has 0 aliphatic rings. The molecule has 2 unspecified atom stereocenters. The lowest BCUT2D eigenvalue weighted by Gasteiger charge is -2.14. The number of alkyl halides is 1. The van der Waals surface area contributed by atoms with Crippen molar-refractivity contribution in [3.63, 3.8) is 0 Å². The predicted molar refractivity (Wildman–Crippen MR) is 66.8 cm³/mol. The van der Waals surface area contributed by atoms with Gasteiger partial charge in [0, 0.05) is 11.0 Å². The van der Waals surface area contributed by atoms with Crippen molar-refractivity contribution in [3.05, 3.63) is 24.0 Å². The normalized spacial score (nSPS) is 14.7. The van der Waals surface area contributed by atoms with E-state index in [0.29, 0.717) is 17.4 Å². The second-order valence-electron chi connectivity index (χ2n) is 3.80. The number of aromatic nitrogens is 1. The second kappa shape index (κ2) is 6.11. The van der Waals surface area contributed by atoms with Crippen LogP contribution < -0.4 is 4.74 Å². The van der Waals surface area contributed by atoms with E-state index in [1.54, 1.807) is 6.20 Å². The Labute approximate surface area is 100 Å². The maximum atomic E-state index is 5.43. The number of hydrogen-bond donors (Lipinski definition) is 0. The van der Waals surface area contributed by atoms with Gasteiger partial charge in [0.05, 0.1) is 12.8 Å². The molecular weight excluding hydrogens is 254 g/mol. The molecular formula is C12H18BrNO. The minimum absolute atomic E-state index is 0.507. The molecule has 0 N–H and O–H groups in total. The summed E-state index contributed by atoms with van der Waals surface area (Å²) in [6.07, 6.45) is 4.79. The van der Waals surface area contributed by atoms with E-state index in [1.807, 2.05) is 13.1 Å². The Hall–Kier alpha value is -0.570. The third-order valence-corrected chi connectivity index (χ3v) is 2.67. The second-order valence-corrected chi connectivity index (χ2v) is 5.37. The highest BCUT2D eigenvalue weighted by Gasteiger charge is 2.09. The van der Waals surface area contributed by atoms with E-state index in [1.165, 1.54) is 5.56 Å². The maximum absolute atomic E-state index is 5.43. The lowest BCUT2D eigenvalue weighted by molar-refractivity contribution is 0.338. The minimum Gasteiger partial charge on any atom is -0.492 e. The quantitative estimate of drug-likeness (QED) is 0.761. The number of rotatable bonds is 5. The zero-order chi connectivity index (χ0) is 11.3. The van der Waals surface area contributed by atoms with E-state index in [9.17, 15) is 0 Å². The van der Waals surface area contributed by atoms with Gasteiger partial charge in [-0.3, -0.25) is 4.98 Å². The Bertz CT molecular complexity index is 301. The Morgan fingerprint density at radius 3 is 2.73 bits per heavy atom. The van der Waals surface area contributed by atoms with Crippen molar-refractivity contribution in [1.29, 1.82) is 0 Å². The summed E-state index contributed by atoms with van der Waals surface area (Å²) < 4.78 is 5.43. The van der Waals surface area contributed by atoms with Crippen LogP contribution in [0.2, 0.25) is 0 Å². The van der Waals surface area contributed by atoms with Crippen molar-refractivity contribution in [1.82, 2.24) is 4.98 Å². The average molecular weight is 272 g/mol. The standard InChI is InChI=1S/C12H18BrNO/c1-4-15-12-6-11(7-14-8-12)9(2)5-10(3)13/h6-10H,4-5H2,1-3H3. The van der Waals surface area contributed by atoms with Crippen molar-refractivity contribution in [2.24, 2.45) is 0 Å². The molecule has 1 aromatic rings. The van der Waals surface area contributed by atoms with Gasteiger partial charge >= 0.3 is 0 Å². The summed E-state index contributed by atoms with van der Waals surface area (Å²) in [6.45, 7) is 7.05. The number of halogens is 1. The zero-order valence-corrected chi connectivity index (χ0v) is 11.1. The van der Waals surface area contributed by atoms with E-state index in [0.717, 1.165) is 12.2 Å². The number of nitrogens with zero attached hydrogens (tertiary/aromatic N) is 1. The van der Waals surface area contributed by atoms with E-state index in [-0.39, 0.29) is 0 Å². The van der Waals surface area contributed by atoms with Gasteiger partial charge in [0.15, 0.2) is 0 Å². The monoisotopic (exact) mass is 271 g/mol. The van der Waals surface area contributed by atoms with Gasteiger partial charge in [-0.05, 0) is 30.9 Å². The topological polar surface area (TPSA) is 22.1 Å². The predicted octanol–water partition coefficient (Wildman–Crippen LogP) is 3.76. The molecule has 0 spiro atoms. The van der Waals surface area contributed by atoms with Crippen LogP contribution in [0.25, 0.3) is 0 Å². The van der Waals surface area contributed by atoms with Crippen molar-refractivity contribution < 1.29 is 4.74 Å². The third kappa shape index (κ3) is 4.20. The summed E-state index contributed by atoms with van der Waals surface area (Å²) in [7, 11) is 0. The van der Waals surface area contributed by atoms with Gasteiger partial charge in [0.1, 0.15) is 5.75 Å². The molecule has 1 aromatic heterocycles. The Morgan fingerprint density at radius 2 is 2.13 bits per heavy atom. The summed E-state index contributed by atoms with van der Waals surface area (Å²) in [6, 6.07) is 2.08. The molecule has 0 radical (unpaired) electrons. The van der Waals surface area contributed by atoms with Gasteiger partial charge in [-0.2, -0.15) is 0 Å². The first-order valence-electron chi connectivity index (χ1n) is 5.35. The van der Waals surface area contributed by atoms with Crippen LogP contribution in [0.15, 0.2) is 18.5 Å². The summed E-state index contributed by atoms with van der Waals surface area (Å²) in [5, 5.41) is 0. The molecule has 2 nitrogen and oxygen atoms in total. The average Bonchev–Trinajstić information content (AvgIpc) is 2.17. The van der Waals surface area contributed by atoms with E-state index < -0.39 is 0 Å². The Balaban J connectivity index is 2.71. The van der Waals surface area contributed by atoms with Gasteiger partial charge < -0.3 is 4.74 Å². The summed E-state index contributed by atoms with van der Waals surface area (Å²) in [5.74, 6) is 1.37. The van der Waals surface area contributed by atoms with Crippen LogP contribution in [-0.2, 0) is 0 Å². The molecule has 1 heterocycles. The number of pyridine rings is 1. The Morgan fingerprint density at radius 1 is 1.40 bits per heavy atom. The fourth-order valence-corrected chi connectivity index (χ4v) is 2.13. The van der Waals surface area contributed by atoms with Gasteiger partial charge in [-0.1, -0.05) is 29.8 Å². The van der Waals surface area contributed by atoms with Crippen LogP contribution in [-0.4, -0.2) is 16.4 Å². The molecule has 0 aromatic carbocycles. The lowest BCUT2D eigenvalue weighted by atomic mass is 9.98.